The van der Waals surface area contributed by atoms with E-state index in [0.29, 0.717) is 73.2 Å². The van der Waals surface area contributed by atoms with Crippen LogP contribution in [-0.2, 0) is 64.1 Å². The molecule has 2 aromatic heterocycles. The van der Waals surface area contributed by atoms with E-state index in [9.17, 15) is 14.4 Å². The van der Waals surface area contributed by atoms with Gasteiger partial charge in [0.15, 0.2) is 0 Å². The fourth-order valence-corrected chi connectivity index (χ4v) is 10.2. The van der Waals surface area contributed by atoms with Crippen LogP contribution < -0.4 is 24.4 Å². The van der Waals surface area contributed by atoms with Crippen LogP contribution >= 0.6 is 11.6 Å². The van der Waals surface area contributed by atoms with E-state index in [1.165, 1.54) is 19.8 Å². The molecule has 4 heterocycles. The molecule has 0 unspecified atom stereocenters. The Morgan fingerprint density at radius 2 is 0.907 bits per heavy atom. The number of para-hydroxylation sites is 4. The highest BCUT2D eigenvalue weighted by Crippen LogP contribution is 2.38. The third-order valence-electron chi connectivity index (χ3n) is 14.1. The molecule has 0 aliphatic carbocycles. The summed E-state index contributed by atoms with van der Waals surface area (Å²) in [7, 11) is 12.7. The molecule has 11 rings (SSSR count). The molecule has 2 aliphatic heterocycles. The molecule has 86 heavy (non-hydrogen) atoms. The number of aromatic nitrogens is 4. The SMILES string of the molecule is COC(=O)c1cccc(CC2=Nc3c(cccc3OC)C2)c1.COCCn1c(Cc2cccc(C(=O)NO)c2)nc2c(OC)cccc21.COCCn1c(Cc2cccc(C(=O)OC)c2)nc2c(OC)cccc21.COc1cccc2c1N=C(Cl)C2. The van der Waals surface area contributed by atoms with Gasteiger partial charge in [-0.3, -0.25) is 15.0 Å². The minimum atomic E-state index is -0.540. The lowest BCUT2D eigenvalue weighted by Gasteiger charge is -2.09. The zero-order valence-electron chi connectivity index (χ0n) is 49.2. The number of halogens is 1. The molecular formula is C66H68ClN7O12. The second-order valence-corrected chi connectivity index (χ2v) is 19.9. The summed E-state index contributed by atoms with van der Waals surface area (Å²) in [6.07, 6.45) is 3.38. The summed E-state index contributed by atoms with van der Waals surface area (Å²) in [4.78, 5) is 53.4. The van der Waals surface area contributed by atoms with E-state index < -0.39 is 5.91 Å². The summed E-state index contributed by atoms with van der Waals surface area (Å²) in [6, 6.07) is 45.5. The minimum absolute atomic E-state index is 0.319. The average Bonchev–Trinajstić information content (AvgIpc) is 2.99. The number of imidazole rings is 2. The van der Waals surface area contributed by atoms with Gasteiger partial charge in [-0.1, -0.05) is 84.4 Å². The Morgan fingerprint density at radius 1 is 0.500 bits per heavy atom. The second-order valence-electron chi connectivity index (χ2n) is 19.5. The van der Waals surface area contributed by atoms with E-state index in [-0.39, 0.29) is 11.9 Å². The number of nitrogens with zero attached hydrogens (tertiary/aromatic N) is 6. The standard InChI is InChI=1S/C20H22N2O4.C19H21N3O4.C18H17NO3.C9H8ClNO/c1-24-11-10-22-16-8-5-9-17(25-2)19(16)21-18(22)13-14-6-4-7-15(12-14)20(23)26-3;1-25-10-9-22-15-7-4-8-16(26-2)18(15)20-17(22)12-13-5-3-6-14(11-13)19(23)21-24;1-21-16-8-4-6-13-11-15(19-17(13)16)10-12-5-3-7-14(9-12)18(20)22-2;1-12-7-4-2-3-6-5-8(10)11-9(6)7/h4-9,12H,10-11,13H2,1-3H3;3-8,11,24H,9-10,12H2,1-2H3,(H,21,23);3-9H,10-11H2,1-2H3;2-4H,5H2,1H3. The van der Waals surface area contributed by atoms with Crippen LogP contribution in [-0.4, -0.2) is 123 Å². The number of nitrogens with one attached hydrogen (secondary N) is 1. The lowest BCUT2D eigenvalue weighted by atomic mass is 10.0. The van der Waals surface area contributed by atoms with Gasteiger partial charge in [-0.25, -0.2) is 30.0 Å². The average molecular weight is 1190 g/mol. The fraction of sp³-hybridized carbons (Fsp3) is 0.258. The molecule has 0 saturated heterocycles. The summed E-state index contributed by atoms with van der Waals surface area (Å²) < 4.78 is 45.6. The zero-order chi connectivity index (χ0) is 61.1. The molecule has 2 N–H and O–H groups in total. The van der Waals surface area contributed by atoms with Gasteiger partial charge >= 0.3 is 11.9 Å². The number of hydrogen-bond donors (Lipinski definition) is 2. The summed E-state index contributed by atoms with van der Waals surface area (Å²) >= 11 is 5.80. The van der Waals surface area contributed by atoms with E-state index in [1.54, 1.807) is 78.5 Å². The van der Waals surface area contributed by atoms with Crippen LogP contribution in [0.25, 0.3) is 22.1 Å². The van der Waals surface area contributed by atoms with Crippen molar-refractivity contribution in [3.63, 3.8) is 0 Å². The Balaban J connectivity index is 0.000000153. The van der Waals surface area contributed by atoms with Crippen molar-refractivity contribution >= 4 is 73.8 Å². The number of hydroxylamine groups is 1. The quantitative estimate of drug-likeness (QED) is 0.0437. The van der Waals surface area contributed by atoms with Gasteiger partial charge in [0.05, 0.1) is 78.0 Å². The predicted molar refractivity (Wildman–Crippen MR) is 330 cm³/mol. The highest BCUT2D eigenvalue weighted by atomic mass is 35.5. The number of benzene rings is 7. The normalized spacial score (nSPS) is 11.7. The van der Waals surface area contributed by atoms with Gasteiger partial charge in [0.2, 0.25) is 0 Å². The van der Waals surface area contributed by atoms with Crippen molar-refractivity contribution in [2.24, 2.45) is 9.98 Å². The highest BCUT2D eigenvalue weighted by Gasteiger charge is 2.21. The van der Waals surface area contributed by atoms with E-state index >= 15 is 0 Å². The van der Waals surface area contributed by atoms with Gasteiger partial charge in [-0.15, -0.1) is 0 Å². The number of methoxy groups -OCH3 is 8. The van der Waals surface area contributed by atoms with Crippen LogP contribution in [0.15, 0.2) is 156 Å². The third-order valence-corrected chi connectivity index (χ3v) is 14.3. The number of hydrogen-bond acceptors (Lipinski definition) is 16. The number of esters is 2. The van der Waals surface area contributed by atoms with E-state index in [2.05, 4.69) is 25.2 Å². The first kappa shape index (κ1) is 62.6. The molecule has 2 aliphatic rings. The van der Waals surface area contributed by atoms with Crippen molar-refractivity contribution in [1.29, 1.82) is 0 Å². The van der Waals surface area contributed by atoms with Crippen molar-refractivity contribution in [1.82, 2.24) is 24.6 Å². The molecule has 1 amide bonds. The molecule has 0 atom stereocenters. The number of carbonyl (C=O) groups is 3. The fourth-order valence-electron chi connectivity index (χ4n) is 9.98. The summed E-state index contributed by atoms with van der Waals surface area (Å²) in [5, 5.41) is 9.45. The smallest absolute Gasteiger partial charge is 0.337 e. The van der Waals surface area contributed by atoms with Gasteiger partial charge in [-0.2, -0.15) is 0 Å². The van der Waals surface area contributed by atoms with E-state index in [4.69, 9.17) is 64.7 Å². The minimum Gasteiger partial charge on any atom is -0.494 e. The second kappa shape index (κ2) is 30.4. The number of rotatable bonds is 19. The number of carbonyl (C=O) groups excluding carboxylic acids is 3. The predicted octanol–water partition coefficient (Wildman–Crippen LogP) is 11.3. The number of fused-ring (bicyclic) bond motifs is 4. The molecular weight excluding hydrogens is 1120 g/mol. The van der Waals surface area contributed by atoms with Crippen LogP contribution in [0.4, 0.5) is 11.4 Å². The van der Waals surface area contributed by atoms with Crippen LogP contribution in [0.2, 0.25) is 0 Å². The lowest BCUT2D eigenvalue weighted by Crippen LogP contribution is -2.18. The van der Waals surface area contributed by atoms with Crippen LogP contribution in [0.3, 0.4) is 0 Å². The molecule has 0 spiro atoms. The molecule has 0 bridgehead atoms. The number of amides is 1. The van der Waals surface area contributed by atoms with Gasteiger partial charge in [-0.05, 0) is 101 Å². The monoisotopic (exact) mass is 1190 g/mol. The lowest BCUT2D eigenvalue weighted by molar-refractivity contribution is 0.0591. The maximum Gasteiger partial charge on any atom is 0.337 e. The molecule has 7 aromatic carbocycles. The molecule has 446 valence electrons. The first-order valence-corrected chi connectivity index (χ1v) is 27.8. The summed E-state index contributed by atoms with van der Waals surface area (Å²) in [5.74, 6) is 3.59. The Labute approximate surface area is 503 Å². The van der Waals surface area contributed by atoms with E-state index in [1.807, 2.05) is 109 Å². The van der Waals surface area contributed by atoms with Crippen molar-refractivity contribution in [2.45, 2.75) is 45.2 Å². The van der Waals surface area contributed by atoms with Gasteiger partial charge in [0.1, 0.15) is 62.2 Å². The summed E-state index contributed by atoms with van der Waals surface area (Å²) in [6.45, 7) is 2.49. The van der Waals surface area contributed by atoms with Crippen molar-refractivity contribution in [2.75, 3.05) is 70.1 Å². The van der Waals surface area contributed by atoms with Crippen molar-refractivity contribution in [3.8, 4) is 23.0 Å². The Bertz CT molecular complexity index is 3760. The van der Waals surface area contributed by atoms with Crippen LogP contribution in [0, 0.1) is 0 Å². The van der Waals surface area contributed by atoms with Gasteiger partial charge in [0.25, 0.3) is 5.91 Å². The maximum atomic E-state index is 11.8. The Morgan fingerprint density at radius 3 is 1.36 bits per heavy atom. The molecule has 0 fully saturated rings. The number of ether oxygens (including phenoxy) is 8. The highest BCUT2D eigenvalue weighted by molar-refractivity contribution is 6.66. The van der Waals surface area contributed by atoms with Crippen molar-refractivity contribution < 1.29 is 57.5 Å². The number of aliphatic imine (C=N–C) groups is 2. The first-order valence-electron chi connectivity index (χ1n) is 27.4. The topological polar surface area (TPSA) is 218 Å². The summed E-state index contributed by atoms with van der Waals surface area (Å²) in [5.41, 5.74) is 14.9. The van der Waals surface area contributed by atoms with Crippen molar-refractivity contribution in [3.05, 3.63) is 202 Å². The Hall–Kier alpha value is -9.40. The first-order chi connectivity index (χ1) is 41.9. The zero-order valence-corrected chi connectivity index (χ0v) is 50.0. The van der Waals surface area contributed by atoms with Gasteiger partial charge in [0, 0.05) is 70.7 Å². The molecule has 0 radical (unpaired) electrons. The molecule has 9 aromatic rings. The van der Waals surface area contributed by atoms with Gasteiger partial charge < -0.3 is 47.0 Å². The molecule has 20 heteroatoms. The third kappa shape index (κ3) is 15.3. The maximum absolute atomic E-state index is 11.8. The van der Waals surface area contributed by atoms with Crippen LogP contribution in [0.1, 0.15) is 70.5 Å². The molecule has 0 saturated carbocycles. The largest absolute Gasteiger partial charge is 0.494 e. The van der Waals surface area contributed by atoms with E-state index in [0.717, 1.165) is 103 Å². The molecule has 19 nitrogen and oxygen atoms in total. The Kier molecular flexibility index (Phi) is 22.2. The van der Waals surface area contributed by atoms with Crippen LogP contribution in [0.5, 0.6) is 23.0 Å².